The number of para-hydroxylation sites is 1. The van der Waals surface area contributed by atoms with Gasteiger partial charge >= 0.3 is 0 Å². The molecule has 0 aromatic heterocycles. The minimum absolute atomic E-state index is 0.0692. The number of amides is 2. The van der Waals surface area contributed by atoms with Gasteiger partial charge in [0.25, 0.3) is 11.8 Å². The largest absolute Gasteiger partial charge is 0.508 e. The zero-order valence-electron chi connectivity index (χ0n) is 13.6. The maximum atomic E-state index is 11.8. The normalized spacial score (nSPS) is 10.4. The first-order chi connectivity index (χ1) is 12.1. The molecule has 3 N–H and O–H groups in total. The zero-order valence-corrected chi connectivity index (χ0v) is 13.6. The fourth-order valence-corrected chi connectivity index (χ4v) is 1.94. The number of nitrogens with one attached hydrogen (secondary N) is 2. The van der Waals surface area contributed by atoms with Crippen LogP contribution >= 0.6 is 0 Å². The van der Waals surface area contributed by atoms with Gasteiger partial charge in [-0.2, -0.15) is 0 Å². The highest BCUT2D eigenvalue weighted by Gasteiger charge is 2.05. The van der Waals surface area contributed by atoms with Crippen molar-refractivity contribution in [1.29, 1.82) is 0 Å². The molecule has 0 saturated carbocycles. The van der Waals surface area contributed by atoms with Crippen molar-refractivity contribution in [2.45, 2.75) is 12.8 Å². The number of unbranched alkanes of at least 4 members (excludes halogenated alkanes) is 1. The van der Waals surface area contributed by atoms with Crippen molar-refractivity contribution in [3.8, 4) is 11.5 Å². The number of carbonyl (C=O) groups excluding carboxylic acids is 2. The highest BCUT2D eigenvalue weighted by atomic mass is 16.5. The van der Waals surface area contributed by atoms with E-state index >= 15 is 0 Å². The Kier molecular flexibility index (Phi) is 7.06. The van der Waals surface area contributed by atoms with Gasteiger partial charge in [-0.3, -0.25) is 20.4 Å². The van der Waals surface area contributed by atoms with Crippen molar-refractivity contribution in [3.05, 3.63) is 72.3 Å². The molecule has 0 aliphatic carbocycles. The molecular weight excluding hydrogens is 320 g/mol. The van der Waals surface area contributed by atoms with E-state index in [1.807, 2.05) is 30.3 Å². The Labute approximate surface area is 146 Å². The van der Waals surface area contributed by atoms with Crippen molar-refractivity contribution in [2.24, 2.45) is 0 Å². The number of aromatic hydroxyl groups is 1. The van der Waals surface area contributed by atoms with Crippen LogP contribution in [0.5, 0.6) is 11.5 Å². The highest BCUT2D eigenvalue weighted by molar-refractivity contribution is 5.96. The van der Waals surface area contributed by atoms with Crippen LogP contribution in [0.2, 0.25) is 0 Å². The van der Waals surface area contributed by atoms with E-state index in [2.05, 4.69) is 10.9 Å². The number of hydrogen-bond donors (Lipinski definition) is 3. The van der Waals surface area contributed by atoms with E-state index in [1.54, 1.807) is 6.08 Å². The second-order valence-corrected chi connectivity index (χ2v) is 5.20. The predicted molar refractivity (Wildman–Crippen MR) is 94.0 cm³/mol. The summed E-state index contributed by atoms with van der Waals surface area (Å²) >= 11 is 0. The molecular formula is C19H20N2O4. The van der Waals surface area contributed by atoms with E-state index in [1.165, 1.54) is 30.3 Å². The van der Waals surface area contributed by atoms with Crippen molar-refractivity contribution in [2.75, 3.05) is 6.61 Å². The number of rotatable bonds is 7. The maximum absolute atomic E-state index is 11.8. The summed E-state index contributed by atoms with van der Waals surface area (Å²) in [6, 6.07) is 15.2. The van der Waals surface area contributed by atoms with Crippen LogP contribution in [0.1, 0.15) is 23.2 Å². The highest BCUT2D eigenvalue weighted by Crippen LogP contribution is 2.09. The Morgan fingerprint density at radius 2 is 1.72 bits per heavy atom. The van der Waals surface area contributed by atoms with Gasteiger partial charge in [0.15, 0.2) is 0 Å². The van der Waals surface area contributed by atoms with E-state index in [-0.39, 0.29) is 5.75 Å². The molecule has 0 heterocycles. The molecule has 130 valence electrons. The molecule has 0 aliphatic heterocycles. The van der Waals surface area contributed by atoms with Crippen LogP contribution in [0, 0.1) is 0 Å². The lowest BCUT2D eigenvalue weighted by molar-refractivity contribution is -0.117. The molecule has 0 atom stereocenters. The summed E-state index contributed by atoms with van der Waals surface area (Å²) in [5, 5.41) is 9.16. The summed E-state index contributed by atoms with van der Waals surface area (Å²) in [4.78, 5) is 23.4. The molecule has 2 rings (SSSR count). The lowest BCUT2D eigenvalue weighted by Crippen LogP contribution is -2.40. The average molecular weight is 340 g/mol. The smallest absolute Gasteiger partial charge is 0.269 e. The second-order valence-electron chi connectivity index (χ2n) is 5.20. The summed E-state index contributed by atoms with van der Waals surface area (Å²) in [5.41, 5.74) is 4.92. The molecule has 25 heavy (non-hydrogen) atoms. The third-order valence-electron chi connectivity index (χ3n) is 3.23. The van der Waals surface area contributed by atoms with Gasteiger partial charge in [0, 0.05) is 11.6 Å². The molecule has 0 spiro atoms. The van der Waals surface area contributed by atoms with Gasteiger partial charge in [-0.1, -0.05) is 24.3 Å². The molecule has 2 aromatic rings. The number of ether oxygens (including phenoxy) is 1. The number of phenolic OH excluding ortho intramolecular Hbond substituents is 1. The molecule has 2 aromatic carbocycles. The topological polar surface area (TPSA) is 87.7 Å². The molecule has 0 radical (unpaired) electrons. The van der Waals surface area contributed by atoms with Crippen LogP contribution in [0.3, 0.4) is 0 Å². The third kappa shape index (κ3) is 6.78. The van der Waals surface area contributed by atoms with E-state index in [9.17, 15) is 9.59 Å². The van der Waals surface area contributed by atoms with Gasteiger partial charge in [0.1, 0.15) is 11.5 Å². The lowest BCUT2D eigenvalue weighted by atomic mass is 10.2. The van der Waals surface area contributed by atoms with Crippen molar-refractivity contribution < 1.29 is 19.4 Å². The molecule has 0 saturated heterocycles. The summed E-state index contributed by atoms with van der Waals surface area (Å²) in [5.74, 6) is 0.00930. The average Bonchev–Trinajstić information content (AvgIpc) is 2.64. The quantitative estimate of drug-likeness (QED) is 0.411. The minimum Gasteiger partial charge on any atom is -0.508 e. The summed E-state index contributed by atoms with van der Waals surface area (Å²) in [7, 11) is 0. The van der Waals surface area contributed by atoms with Crippen LogP contribution in [0.25, 0.3) is 0 Å². The van der Waals surface area contributed by atoms with E-state index in [0.717, 1.165) is 12.2 Å². The van der Waals surface area contributed by atoms with Gasteiger partial charge in [-0.15, -0.1) is 0 Å². The lowest BCUT2D eigenvalue weighted by Gasteiger charge is -2.05. The Bertz CT molecular complexity index is 712. The standard InChI is InChI=1S/C19H20N2O4/c22-16-12-10-15(11-13-16)19(24)21-20-18(23)9-5-2-6-14-25-17-7-3-1-4-8-17/h1,3-5,7-13,22H,2,6,14H2,(H,20,23)(H,21,24)/b9-5+. The Morgan fingerprint density at radius 3 is 2.44 bits per heavy atom. The number of benzene rings is 2. The minimum atomic E-state index is -0.460. The van der Waals surface area contributed by atoms with Gasteiger partial charge in [0.05, 0.1) is 6.61 Å². The molecule has 0 bridgehead atoms. The van der Waals surface area contributed by atoms with Gasteiger partial charge in [0.2, 0.25) is 0 Å². The summed E-state index contributed by atoms with van der Waals surface area (Å²) < 4.78 is 5.54. The molecule has 6 heteroatoms. The maximum Gasteiger partial charge on any atom is 0.269 e. The van der Waals surface area contributed by atoms with Gasteiger partial charge in [-0.25, -0.2) is 0 Å². The Balaban J connectivity index is 1.60. The van der Waals surface area contributed by atoms with Gasteiger partial charge < -0.3 is 9.84 Å². The summed E-state index contributed by atoms with van der Waals surface area (Å²) in [6.45, 7) is 0.563. The first-order valence-corrected chi connectivity index (χ1v) is 7.89. The summed E-state index contributed by atoms with van der Waals surface area (Å²) in [6.07, 6.45) is 4.54. The fourth-order valence-electron chi connectivity index (χ4n) is 1.94. The molecule has 0 unspecified atom stereocenters. The molecule has 2 amide bonds. The van der Waals surface area contributed by atoms with Crippen LogP contribution in [-0.4, -0.2) is 23.5 Å². The van der Waals surface area contributed by atoms with E-state index in [4.69, 9.17) is 9.84 Å². The first-order valence-electron chi connectivity index (χ1n) is 7.89. The van der Waals surface area contributed by atoms with E-state index < -0.39 is 11.8 Å². The number of phenols is 1. The van der Waals surface area contributed by atoms with Crippen molar-refractivity contribution in [1.82, 2.24) is 10.9 Å². The monoisotopic (exact) mass is 340 g/mol. The second kappa shape index (κ2) is 9.77. The van der Waals surface area contributed by atoms with Crippen LogP contribution in [-0.2, 0) is 4.79 Å². The number of hydrogen-bond acceptors (Lipinski definition) is 4. The number of carbonyl (C=O) groups is 2. The first kappa shape index (κ1) is 18.1. The van der Waals surface area contributed by atoms with Crippen molar-refractivity contribution >= 4 is 11.8 Å². The number of hydrazine groups is 1. The zero-order chi connectivity index (χ0) is 17.9. The third-order valence-corrected chi connectivity index (χ3v) is 3.23. The fraction of sp³-hybridized carbons (Fsp3) is 0.158. The molecule has 0 fully saturated rings. The molecule has 0 aliphatic rings. The van der Waals surface area contributed by atoms with Crippen LogP contribution in [0.4, 0.5) is 0 Å². The Morgan fingerprint density at radius 1 is 1.00 bits per heavy atom. The van der Waals surface area contributed by atoms with Gasteiger partial charge in [-0.05, 0) is 49.2 Å². The van der Waals surface area contributed by atoms with Crippen LogP contribution in [0.15, 0.2) is 66.7 Å². The number of allylic oxidation sites excluding steroid dienone is 1. The molecule has 6 nitrogen and oxygen atoms in total. The predicted octanol–water partition coefficient (Wildman–Crippen LogP) is 2.57. The van der Waals surface area contributed by atoms with Crippen LogP contribution < -0.4 is 15.6 Å². The Hall–Kier alpha value is -3.28. The van der Waals surface area contributed by atoms with E-state index in [0.29, 0.717) is 18.6 Å². The SMILES string of the molecule is O=C(/C=C/CCCOc1ccccc1)NNC(=O)c1ccc(O)cc1. The van der Waals surface area contributed by atoms with Crippen molar-refractivity contribution in [3.63, 3.8) is 0 Å².